The van der Waals surface area contributed by atoms with Gasteiger partial charge in [-0.3, -0.25) is 0 Å². The first-order valence-electron chi connectivity index (χ1n) is 13.2. The molecule has 0 saturated heterocycles. The van der Waals surface area contributed by atoms with Crippen LogP contribution < -0.4 is 0 Å². The molecule has 1 aliphatic rings. The Morgan fingerprint density at radius 3 is 1.50 bits per heavy atom. The van der Waals surface area contributed by atoms with Crippen molar-refractivity contribution in [3.63, 3.8) is 0 Å². The van der Waals surface area contributed by atoms with E-state index in [9.17, 15) is 15.3 Å². The van der Waals surface area contributed by atoms with Crippen LogP contribution in [0, 0.1) is 47.5 Å². The highest BCUT2D eigenvalue weighted by molar-refractivity contribution is 5.58. The molecule has 4 rings (SSSR count). The van der Waals surface area contributed by atoms with E-state index in [4.69, 9.17) is 0 Å². The summed E-state index contributed by atoms with van der Waals surface area (Å²) in [5, 5.41) is 31.2. The van der Waals surface area contributed by atoms with E-state index in [1.54, 1.807) is 12.1 Å². The summed E-state index contributed by atoms with van der Waals surface area (Å²) in [6.07, 6.45) is 4.16. The fourth-order valence-electron chi connectivity index (χ4n) is 6.77. The van der Waals surface area contributed by atoms with Crippen LogP contribution in [0.15, 0.2) is 36.4 Å². The van der Waals surface area contributed by atoms with E-state index in [0.29, 0.717) is 23.2 Å². The smallest absolute Gasteiger partial charge is 0.121 e. The molecule has 0 radical (unpaired) electrons. The average Bonchev–Trinajstić information content (AvgIpc) is 2.86. The van der Waals surface area contributed by atoms with Gasteiger partial charge in [0.1, 0.15) is 17.2 Å². The third-order valence-corrected chi connectivity index (χ3v) is 9.61. The summed E-state index contributed by atoms with van der Waals surface area (Å²) < 4.78 is 0. The molecular formula is C33H42O3. The molecule has 192 valence electrons. The lowest BCUT2D eigenvalue weighted by Gasteiger charge is -2.47. The molecule has 3 N–H and O–H groups in total. The minimum absolute atomic E-state index is 0.00840. The van der Waals surface area contributed by atoms with Gasteiger partial charge in [-0.1, -0.05) is 38.1 Å². The van der Waals surface area contributed by atoms with Crippen molar-refractivity contribution >= 4 is 0 Å². The monoisotopic (exact) mass is 486 g/mol. The number of phenols is 3. The van der Waals surface area contributed by atoms with Gasteiger partial charge in [-0.25, -0.2) is 0 Å². The van der Waals surface area contributed by atoms with Gasteiger partial charge in [0.05, 0.1) is 0 Å². The van der Waals surface area contributed by atoms with Crippen LogP contribution in [0.1, 0.15) is 89.6 Å². The first-order chi connectivity index (χ1) is 16.8. The highest BCUT2D eigenvalue weighted by Gasteiger charge is 2.45. The molecule has 0 aromatic heterocycles. The molecule has 0 aliphatic heterocycles. The van der Waals surface area contributed by atoms with Crippen molar-refractivity contribution in [2.75, 3.05) is 0 Å². The number of aromatic hydroxyl groups is 3. The van der Waals surface area contributed by atoms with Crippen LogP contribution in [0.25, 0.3) is 0 Å². The maximum absolute atomic E-state index is 10.7. The SMILES string of the molecule is Cc1cc(C2(c3cc(C)c(O)c(C)c3C)CCC(C(C)(C)c3ccc(O)cc3)CC2)c(C)c(C)c1O. The largest absolute Gasteiger partial charge is 0.508 e. The molecule has 1 saturated carbocycles. The third-order valence-electron chi connectivity index (χ3n) is 9.61. The molecule has 3 aromatic rings. The molecule has 36 heavy (non-hydrogen) atoms. The number of rotatable bonds is 4. The van der Waals surface area contributed by atoms with Gasteiger partial charge in [0.15, 0.2) is 0 Å². The van der Waals surface area contributed by atoms with Gasteiger partial charge in [0.2, 0.25) is 0 Å². The Bertz CT molecular complexity index is 1220. The summed E-state index contributed by atoms with van der Waals surface area (Å²) in [5.41, 5.74) is 9.78. The number of phenolic OH excluding ortho intramolecular Hbond substituents is 3. The van der Waals surface area contributed by atoms with Crippen LogP contribution in [0.4, 0.5) is 0 Å². The van der Waals surface area contributed by atoms with Crippen molar-refractivity contribution in [3.05, 3.63) is 86.5 Å². The Balaban J connectivity index is 1.85. The maximum Gasteiger partial charge on any atom is 0.121 e. The molecule has 1 fully saturated rings. The quantitative estimate of drug-likeness (QED) is 0.349. The van der Waals surface area contributed by atoms with Crippen LogP contribution in [-0.2, 0) is 10.8 Å². The molecule has 0 amide bonds. The van der Waals surface area contributed by atoms with Gasteiger partial charge < -0.3 is 15.3 Å². The molecule has 0 atom stereocenters. The number of hydrogen-bond acceptors (Lipinski definition) is 3. The second-order valence-electron chi connectivity index (χ2n) is 11.8. The average molecular weight is 487 g/mol. The molecule has 3 nitrogen and oxygen atoms in total. The van der Waals surface area contributed by atoms with Gasteiger partial charge in [-0.2, -0.15) is 0 Å². The lowest BCUT2D eigenvalue weighted by Crippen LogP contribution is -2.40. The zero-order valence-electron chi connectivity index (χ0n) is 23.2. The van der Waals surface area contributed by atoms with Crippen molar-refractivity contribution in [3.8, 4) is 17.2 Å². The van der Waals surface area contributed by atoms with E-state index in [0.717, 1.165) is 59.1 Å². The number of aryl methyl sites for hydroxylation is 2. The zero-order chi connectivity index (χ0) is 26.6. The standard InChI is InChI=1S/C33H42O3/c1-19-17-28(21(3)23(5)30(19)35)33(29-18-20(2)31(36)24(6)22(29)4)15-13-26(14-16-33)32(7,8)25-9-11-27(34)12-10-25/h9-12,17-18,26,34-36H,13-16H2,1-8H3. The van der Waals surface area contributed by atoms with Crippen molar-refractivity contribution in [1.82, 2.24) is 0 Å². The lowest BCUT2D eigenvalue weighted by atomic mass is 9.56. The van der Waals surface area contributed by atoms with E-state index in [-0.39, 0.29) is 10.8 Å². The van der Waals surface area contributed by atoms with Crippen LogP contribution in [0.5, 0.6) is 17.2 Å². The Labute approximate surface area is 216 Å². The van der Waals surface area contributed by atoms with Gasteiger partial charge in [0, 0.05) is 5.41 Å². The summed E-state index contributed by atoms with van der Waals surface area (Å²) in [6.45, 7) is 17.0. The summed E-state index contributed by atoms with van der Waals surface area (Å²) in [7, 11) is 0. The fraction of sp³-hybridized carbons (Fsp3) is 0.455. The van der Waals surface area contributed by atoms with E-state index < -0.39 is 0 Å². The number of benzene rings is 3. The first kappa shape index (κ1) is 26.1. The zero-order valence-corrected chi connectivity index (χ0v) is 23.2. The second-order valence-corrected chi connectivity index (χ2v) is 11.8. The van der Waals surface area contributed by atoms with Crippen molar-refractivity contribution in [2.45, 2.75) is 91.9 Å². The Morgan fingerprint density at radius 2 is 1.08 bits per heavy atom. The van der Waals surface area contributed by atoms with Gasteiger partial charge in [-0.15, -0.1) is 0 Å². The highest BCUT2D eigenvalue weighted by atomic mass is 16.3. The minimum atomic E-state index is -0.178. The van der Waals surface area contributed by atoms with Gasteiger partial charge in [0.25, 0.3) is 0 Å². The summed E-state index contributed by atoms with van der Waals surface area (Å²) in [6, 6.07) is 12.1. The molecule has 3 heteroatoms. The van der Waals surface area contributed by atoms with Crippen LogP contribution in [0.3, 0.4) is 0 Å². The van der Waals surface area contributed by atoms with E-state index in [1.165, 1.54) is 16.7 Å². The normalized spacial score (nSPS) is 16.3. The lowest BCUT2D eigenvalue weighted by molar-refractivity contribution is 0.188. The molecule has 0 unspecified atom stereocenters. The second kappa shape index (κ2) is 9.18. The van der Waals surface area contributed by atoms with Crippen LogP contribution >= 0.6 is 0 Å². The van der Waals surface area contributed by atoms with E-state index >= 15 is 0 Å². The van der Waals surface area contributed by atoms with Crippen molar-refractivity contribution < 1.29 is 15.3 Å². The van der Waals surface area contributed by atoms with Crippen LogP contribution in [-0.4, -0.2) is 15.3 Å². The maximum atomic E-state index is 10.7. The predicted octanol–water partition coefficient (Wildman–Crippen LogP) is 8.11. The Morgan fingerprint density at radius 1 is 0.667 bits per heavy atom. The molecular weight excluding hydrogens is 444 g/mol. The fourth-order valence-corrected chi connectivity index (χ4v) is 6.77. The Hall–Kier alpha value is -2.94. The predicted molar refractivity (Wildman–Crippen MR) is 149 cm³/mol. The molecule has 1 aliphatic carbocycles. The van der Waals surface area contributed by atoms with Crippen molar-refractivity contribution in [1.29, 1.82) is 0 Å². The molecule has 0 spiro atoms. The third kappa shape index (κ3) is 4.07. The summed E-state index contributed by atoms with van der Waals surface area (Å²) in [4.78, 5) is 0. The molecule has 0 bridgehead atoms. The summed E-state index contributed by atoms with van der Waals surface area (Å²) in [5.74, 6) is 1.60. The van der Waals surface area contributed by atoms with E-state index in [1.807, 2.05) is 27.7 Å². The van der Waals surface area contributed by atoms with Gasteiger partial charge >= 0.3 is 0 Å². The van der Waals surface area contributed by atoms with E-state index in [2.05, 4.69) is 52.0 Å². The molecule has 0 heterocycles. The molecule has 3 aromatic carbocycles. The van der Waals surface area contributed by atoms with Crippen molar-refractivity contribution in [2.24, 2.45) is 5.92 Å². The first-order valence-corrected chi connectivity index (χ1v) is 13.2. The highest BCUT2D eigenvalue weighted by Crippen LogP contribution is 2.54. The number of hydrogen-bond donors (Lipinski definition) is 3. The van der Waals surface area contributed by atoms with Crippen LogP contribution in [0.2, 0.25) is 0 Å². The van der Waals surface area contributed by atoms with Gasteiger partial charge in [-0.05, 0) is 141 Å². The minimum Gasteiger partial charge on any atom is -0.508 e. The summed E-state index contributed by atoms with van der Waals surface area (Å²) >= 11 is 0. The topological polar surface area (TPSA) is 60.7 Å². The Kier molecular flexibility index (Phi) is 6.66.